The molecule has 19 heavy (non-hydrogen) atoms. The SMILES string of the molecule is Cn1cc(Br)cc1C(=O)NCCCN1CCOCC1. The number of nitrogens with one attached hydrogen (secondary N) is 1. The molecule has 106 valence electrons. The normalized spacial score (nSPS) is 16.5. The zero-order valence-corrected chi connectivity index (χ0v) is 12.8. The molecule has 0 atom stereocenters. The molecule has 1 aromatic heterocycles. The van der Waals surface area contributed by atoms with Gasteiger partial charge in [-0.25, -0.2) is 0 Å². The molecule has 0 radical (unpaired) electrons. The van der Waals surface area contributed by atoms with Crippen LogP contribution < -0.4 is 5.32 Å². The molecule has 0 aliphatic carbocycles. The van der Waals surface area contributed by atoms with Gasteiger partial charge in [0, 0.05) is 37.4 Å². The van der Waals surface area contributed by atoms with Gasteiger partial charge >= 0.3 is 0 Å². The van der Waals surface area contributed by atoms with Gasteiger partial charge in [-0.1, -0.05) is 0 Å². The number of hydrogen-bond acceptors (Lipinski definition) is 3. The Labute approximate surface area is 122 Å². The zero-order chi connectivity index (χ0) is 13.7. The average molecular weight is 330 g/mol. The fourth-order valence-corrected chi connectivity index (χ4v) is 2.69. The van der Waals surface area contributed by atoms with E-state index in [4.69, 9.17) is 4.74 Å². The summed E-state index contributed by atoms with van der Waals surface area (Å²) in [4.78, 5) is 14.3. The number of hydrogen-bond donors (Lipinski definition) is 1. The van der Waals surface area contributed by atoms with E-state index in [1.807, 2.05) is 23.9 Å². The lowest BCUT2D eigenvalue weighted by Gasteiger charge is -2.26. The highest BCUT2D eigenvalue weighted by Gasteiger charge is 2.12. The molecule has 1 aliphatic rings. The Balaban J connectivity index is 1.67. The summed E-state index contributed by atoms with van der Waals surface area (Å²) >= 11 is 3.37. The summed E-state index contributed by atoms with van der Waals surface area (Å²) in [5, 5.41) is 2.95. The molecule has 0 unspecified atom stereocenters. The van der Waals surface area contributed by atoms with Crippen molar-refractivity contribution in [2.75, 3.05) is 39.4 Å². The zero-order valence-electron chi connectivity index (χ0n) is 11.2. The van der Waals surface area contributed by atoms with Crippen LogP contribution in [0.4, 0.5) is 0 Å². The highest BCUT2D eigenvalue weighted by Crippen LogP contribution is 2.13. The molecule has 1 N–H and O–H groups in total. The van der Waals surface area contributed by atoms with Crippen molar-refractivity contribution in [1.82, 2.24) is 14.8 Å². The average Bonchev–Trinajstić information content (AvgIpc) is 2.75. The minimum atomic E-state index is -0.0184. The number of rotatable bonds is 5. The van der Waals surface area contributed by atoms with E-state index in [-0.39, 0.29) is 5.91 Å². The Morgan fingerprint density at radius 1 is 1.47 bits per heavy atom. The van der Waals surface area contributed by atoms with Gasteiger partial charge in [0.1, 0.15) is 5.69 Å². The van der Waals surface area contributed by atoms with Crippen molar-refractivity contribution in [2.24, 2.45) is 7.05 Å². The van der Waals surface area contributed by atoms with E-state index in [2.05, 4.69) is 26.1 Å². The number of carbonyl (C=O) groups is 1. The molecule has 1 fully saturated rings. The summed E-state index contributed by atoms with van der Waals surface area (Å²) in [5.74, 6) is -0.0184. The van der Waals surface area contributed by atoms with Crippen LogP contribution in [0.15, 0.2) is 16.7 Å². The maximum Gasteiger partial charge on any atom is 0.267 e. The smallest absolute Gasteiger partial charge is 0.267 e. The van der Waals surface area contributed by atoms with Crippen molar-refractivity contribution in [3.8, 4) is 0 Å². The fourth-order valence-electron chi connectivity index (χ4n) is 2.17. The monoisotopic (exact) mass is 329 g/mol. The quantitative estimate of drug-likeness (QED) is 0.827. The van der Waals surface area contributed by atoms with Gasteiger partial charge in [0.15, 0.2) is 0 Å². The summed E-state index contributed by atoms with van der Waals surface area (Å²) < 4.78 is 8.04. The predicted octanol–water partition coefficient (Wildman–Crippen LogP) is 1.24. The van der Waals surface area contributed by atoms with Gasteiger partial charge in [-0.2, -0.15) is 0 Å². The Bertz CT molecular complexity index is 428. The lowest BCUT2D eigenvalue weighted by Crippen LogP contribution is -2.38. The maximum atomic E-state index is 11.9. The molecule has 0 aromatic carbocycles. The highest BCUT2D eigenvalue weighted by molar-refractivity contribution is 9.10. The van der Waals surface area contributed by atoms with Crippen molar-refractivity contribution in [1.29, 1.82) is 0 Å². The number of ether oxygens (including phenoxy) is 1. The second-order valence-corrected chi connectivity index (χ2v) is 5.63. The van der Waals surface area contributed by atoms with Gasteiger partial charge in [0.25, 0.3) is 5.91 Å². The van der Waals surface area contributed by atoms with E-state index in [0.717, 1.165) is 43.7 Å². The van der Waals surface area contributed by atoms with Gasteiger partial charge in [-0.15, -0.1) is 0 Å². The largest absolute Gasteiger partial charge is 0.379 e. The molecule has 6 heteroatoms. The van der Waals surface area contributed by atoms with Crippen LogP contribution in [0.5, 0.6) is 0 Å². The van der Waals surface area contributed by atoms with Gasteiger partial charge in [0.05, 0.1) is 13.2 Å². The molecule has 5 nitrogen and oxygen atoms in total. The van der Waals surface area contributed by atoms with Crippen molar-refractivity contribution >= 4 is 21.8 Å². The molecule has 2 heterocycles. The molecule has 0 bridgehead atoms. The van der Waals surface area contributed by atoms with Crippen molar-refractivity contribution in [3.63, 3.8) is 0 Å². The first-order valence-corrected chi connectivity index (χ1v) is 7.36. The highest BCUT2D eigenvalue weighted by atomic mass is 79.9. The maximum absolute atomic E-state index is 11.9. The van der Waals surface area contributed by atoms with Crippen molar-refractivity contribution < 1.29 is 9.53 Å². The van der Waals surface area contributed by atoms with E-state index in [0.29, 0.717) is 12.2 Å². The molecule has 1 amide bonds. The molecular formula is C13H20BrN3O2. The third-order valence-electron chi connectivity index (χ3n) is 3.24. The first-order chi connectivity index (χ1) is 9.16. The number of aryl methyl sites for hydroxylation is 1. The molecule has 2 rings (SSSR count). The van der Waals surface area contributed by atoms with Crippen LogP contribution in [0.2, 0.25) is 0 Å². The van der Waals surface area contributed by atoms with E-state index in [1.165, 1.54) is 0 Å². The second-order valence-electron chi connectivity index (χ2n) is 4.72. The van der Waals surface area contributed by atoms with Crippen LogP contribution >= 0.6 is 15.9 Å². The summed E-state index contributed by atoms with van der Waals surface area (Å²) in [7, 11) is 1.87. The summed E-state index contributed by atoms with van der Waals surface area (Å²) in [6.45, 7) is 5.37. The second kappa shape index (κ2) is 7.07. The van der Waals surface area contributed by atoms with E-state index in [9.17, 15) is 4.79 Å². The molecular weight excluding hydrogens is 310 g/mol. The first-order valence-electron chi connectivity index (χ1n) is 6.57. The van der Waals surface area contributed by atoms with Gasteiger partial charge in [-0.05, 0) is 35.0 Å². The van der Waals surface area contributed by atoms with Crippen LogP contribution in [-0.2, 0) is 11.8 Å². The Hall–Kier alpha value is -0.850. The standard InChI is InChI=1S/C13H20BrN3O2/c1-16-10-11(14)9-12(16)13(18)15-3-2-4-17-5-7-19-8-6-17/h9-10H,2-8H2,1H3,(H,15,18). The fraction of sp³-hybridized carbons (Fsp3) is 0.615. The van der Waals surface area contributed by atoms with E-state index >= 15 is 0 Å². The number of halogens is 1. The number of nitrogens with zero attached hydrogens (tertiary/aromatic N) is 2. The molecule has 1 aliphatic heterocycles. The Morgan fingerprint density at radius 3 is 2.84 bits per heavy atom. The third-order valence-corrected chi connectivity index (χ3v) is 3.68. The Morgan fingerprint density at radius 2 is 2.21 bits per heavy atom. The van der Waals surface area contributed by atoms with Crippen LogP contribution in [0, 0.1) is 0 Å². The number of amides is 1. The Kier molecular flexibility index (Phi) is 5.42. The summed E-state index contributed by atoms with van der Waals surface area (Å²) in [6, 6.07) is 1.83. The minimum Gasteiger partial charge on any atom is -0.379 e. The summed E-state index contributed by atoms with van der Waals surface area (Å²) in [5.41, 5.74) is 0.679. The topological polar surface area (TPSA) is 46.5 Å². The lowest BCUT2D eigenvalue weighted by atomic mass is 10.3. The minimum absolute atomic E-state index is 0.0184. The van der Waals surface area contributed by atoms with Gasteiger partial charge in [0.2, 0.25) is 0 Å². The number of aromatic nitrogens is 1. The number of carbonyl (C=O) groups excluding carboxylic acids is 1. The molecule has 1 saturated heterocycles. The van der Waals surface area contributed by atoms with E-state index in [1.54, 1.807) is 0 Å². The van der Waals surface area contributed by atoms with E-state index < -0.39 is 0 Å². The third kappa shape index (κ3) is 4.33. The molecule has 0 spiro atoms. The molecule has 0 saturated carbocycles. The summed E-state index contributed by atoms with van der Waals surface area (Å²) in [6.07, 6.45) is 2.85. The van der Waals surface area contributed by atoms with Crippen LogP contribution in [0.1, 0.15) is 16.9 Å². The van der Waals surface area contributed by atoms with Crippen molar-refractivity contribution in [3.05, 3.63) is 22.4 Å². The first kappa shape index (κ1) is 14.6. The lowest BCUT2D eigenvalue weighted by molar-refractivity contribution is 0.0374. The van der Waals surface area contributed by atoms with Gasteiger partial charge in [-0.3, -0.25) is 9.69 Å². The van der Waals surface area contributed by atoms with Crippen molar-refractivity contribution in [2.45, 2.75) is 6.42 Å². The predicted molar refractivity (Wildman–Crippen MR) is 77.3 cm³/mol. The van der Waals surface area contributed by atoms with Gasteiger partial charge < -0.3 is 14.6 Å². The van der Waals surface area contributed by atoms with Crippen LogP contribution in [0.25, 0.3) is 0 Å². The van der Waals surface area contributed by atoms with Crippen LogP contribution in [0.3, 0.4) is 0 Å². The van der Waals surface area contributed by atoms with Crippen LogP contribution in [-0.4, -0.2) is 54.8 Å². The molecule has 1 aromatic rings. The number of morpholine rings is 1.